The minimum Gasteiger partial charge on any atom is -0.381 e. The number of aromatic nitrogens is 1. The molecule has 3 rings (SSSR count). The third kappa shape index (κ3) is 5.93. The summed E-state index contributed by atoms with van der Waals surface area (Å²) in [5.74, 6) is 1.98. The number of pyridine rings is 1. The van der Waals surface area contributed by atoms with Crippen LogP contribution in [0.3, 0.4) is 0 Å². The lowest BCUT2D eigenvalue weighted by atomic mass is 9.88. The van der Waals surface area contributed by atoms with Gasteiger partial charge in [0.25, 0.3) is 0 Å². The van der Waals surface area contributed by atoms with E-state index in [4.69, 9.17) is 4.74 Å². The third-order valence-electron chi connectivity index (χ3n) is 5.99. The van der Waals surface area contributed by atoms with Gasteiger partial charge in [-0.2, -0.15) is 0 Å². The van der Waals surface area contributed by atoms with Crippen LogP contribution in [-0.4, -0.2) is 81.4 Å². The highest BCUT2D eigenvalue weighted by Crippen LogP contribution is 2.25. The van der Waals surface area contributed by atoms with Gasteiger partial charge in [0.05, 0.1) is 0 Å². The van der Waals surface area contributed by atoms with Crippen molar-refractivity contribution < 1.29 is 4.74 Å². The highest BCUT2D eigenvalue weighted by atomic mass is 127. The van der Waals surface area contributed by atoms with Gasteiger partial charge < -0.3 is 25.2 Å². The Morgan fingerprint density at radius 3 is 2.57 bits per heavy atom. The Kier molecular flexibility index (Phi) is 9.23. The first kappa shape index (κ1) is 23.2. The van der Waals surface area contributed by atoms with Crippen molar-refractivity contribution in [1.82, 2.24) is 20.5 Å². The molecule has 2 aliphatic rings. The van der Waals surface area contributed by atoms with Crippen molar-refractivity contribution in [1.29, 1.82) is 0 Å². The van der Waals surface area contributed by atoms with E-state index in [1.807, 2.05) is 19.3 Å². The summed E-state index contributed by atoms with van der Waals surface area (Å²) in [6.45, 7) is 4.58. The van der Waals surface area contributed by atoms with Gasteiger partial charge in [-0.3, -0.25) is 4.99 Å². The number of guanidine groups is 1. The number of piperidine rings is 1. The standard InChI is InChI=1S/C20H34N6O.HI/c1-21-19(23-16-20(25(2)3)9-14-27-15-10-20)24-17-7-12-26(13-8-17)18-6-4-5-11-22-18;/h4-6,11,17H,7-10,12-16H2,1-3H3,(H2,21,23,24);1H. The number of aliphatic imine (C=N–C) groups is 1. The summed E-state index contributed by atoms with van der Waals surface area (Å²) in [6, 6.07) is 6.55. The van der Waals surface area contributed by atoms with Crippen LogP contribution >= 0.6 is 24.0 Å². The molecule has 3 heterocycles. The summed E-state index contributed by atoms with van der Waals surface area (Å²) < 4.78 is 5.57. The maximum atomic E-state index is 5.57. The molecule has 1 aromatic heterocycles. The monoisotopic (exact) mass is 502 g/mol. The van der Waals surface area contributed by atoms with Crippen molar-refractivity contribution in [2.45, 2.75) is 37.3 Å². The molecule has 1 aromatic rings. The molecule has 0 saturated carbocycles. The molecule has 7 nitrogen and oxygen atoms in total. The Morgan fingerprint density at radius 1 is 1.29 bits per heavy atom. The van der Waals surface area contributed by atoms with E-state index in [1.165, 1.54) is 0 Å². The van der Waals surface area contributed by atoms with Crippen molar-refractivity contribution >= 4 is 35.8 Å². The number of rotatable bonds is 5. The zero-order valence-electron chi connectivity index (χ0n) is 17.4. The molecule has 8 heteroatoms. The number of nitrogens with zero attached hydrogens (tertiary/aromatic N) is 4. The predicted octanol–water partition coefficient (Wildman–Crippen LogP) is 1.94. The van der Waals surface area contributed by atoms with E-state index in [-0.39, 0.29) is 29.5 Å². The fourth-order valence-electron chi connectivity index (χ4n) is 3.96. The van der Waals surface area contributed by atoms with Crippen molar-refractivity contribution in [2.75, 3.05) is 58.9 Å². The van der Waals surface area contributed by atoms with Crippen LogP contribution in [0, 0.1) is 0 Å². The lowest BCUT2D eigenvalue weighted by Crippen LogP contribution is -2.58. The van der Waals surface area contributed by atoms with E-state index in [1.54, 1.807) is 0 Å². The first-order chi connectivity index (χ1) is 13.1. The minimum atomic E-state index is 0. The Hall–Kier alpha value is -1.13. The van der Waals surface area contributed by atoms with Gasteiger partial charge in [0, 0.05) is 57.7 Å². The molecule has 2 N–H and O–H groups in total. The molecule has 2 aliphatic heterocycles. The van der Waals surface area contributed by atoms with Gasteiger partial charge in [-0.15, -0.1) is 24.0 Å². The zero-order chi connectivity index (χ0) is 19.1. The van der Waals surface area contributed by atoms with Gasteiger partial charge >= 0.3 is 0 Å². The van der Waals surface area contributed by atoms with Crippen LogP contribution < -0.4 is 15.5 Å². The number of likely N-dealkylation sites (N-methyl/N-ethyl adjacent to an activating group) is 1. The van der Waals surface area contributed by atoms with Gasteiger partial charge in [0.2, 0.25) is 0 Å². The number of hydrogen-bond donors (Lipinski definition) is 2. The second-order valence-corrected chi connectivity index (χ2v) is 7.75. The molecular weight excluding hydrogens is 467 g/mol. The molecule has 28 heavy (non-hydrogen) atoms. The number of nitrogens with one attached hydrogen (secondary N) is 2. The summed E-state index contributed by atoms with van der Waals surface area (Å²) in [6.07, 6.45) is 6.13. The van der Waals surface area contributed by atoms with Gasteiger partial charge in [-0.05, 0) is 51.9 Å². The average molecular weight is 502 g/mol. The fourth-order valence-corrected chi connectivity index (χ4v) is 3.96. The normalized spacial score (nSPS) is 20.6. The maximum Gasteiger partial charge on any atom is 0.191 e. The van der Waals surface area contributed by atoms with Gasteiger partial charge in [-0.1, -0.05) is 6.07 Å². The smallest absolute Gasteiger partial charge is 0.191 e. The Balaban J connectivity index is 0.00000280. The van der Waals surface area contributed by atoms with Gasteiger partial charge in [-0.25, -0.2) is 4.98 Å². The summed E-state index contributed by atoms with van der Waals surface area (Å²) in [5.41, 5.74) is 0.137. The fraction of sp³-hybridized carbons (Fsp3) is 0.700. The summed E-state index contributed by atoms with van der Waals surface area (Å²) in [5, 5.41) is 7.18. The maximum absolute atomic E-state index is 5.57. The van der Waals surface area contributed by atoms with Gasteiger partial charge in [0.1, 0.15) is 5.82 Å². The highest BCUT2D eigenvalue weighted by Gasteiger charge is 2.35. The summed E-state index contributed by atoms with van der Waals surface area (Å²) in [7, 11) is 6.18. The summed E-state index contributed by atoms with van der Waals surface area (Å²) >= 11 is 0. The Labute approximate surface area is 186 Å². The molecule has 0 aromatic carbocycles. The third-order valence-corrected chi connectivity index (χ3v) is 5.99. The molecule has 0 aliphatic carbocycles. The average Bonchev–Trinajstić information content (AvgIpc) is 2.73. The van der Waals surface area contributed by atoms with Crippen molar-refractivity contribution in [2.24, 2.45) is 4.99 Å². The highest BCUT2D eigenvalue weighted by molar-refractivity contribution is 14.0. The van der Waals surface area contributed by atoms with E-state index < -0.39 is 0 Å². The largest absolute Gasteiger partial charge is 0.381 e. The molecule has 2 fully saturated rings. The van der Waals surface area contributed by atoms with E-state index in [0.29, 0.717) is 6.04 Å². The number of anilines is 1. The van der Waals surface area contributed by atoms with E-state index in [2.05, 4.69) is 56.6 Å². The molecule has 2 saturated heterocycles. The van der Waals surface area contributed by atoms with Crippen molar-refractivity contribution in [3.05, 3.63) is 24.4 Å². The zero-order valence-corrected chi connectivity index (χ0v) is 19.7. The van der Waals surface area contributed by atoms with Crippen molar-refractivity contribution in [3.63, 3.8) is 0 Å². The Morgan fingerprint density at radius 2 is 2.00 bits per heavy atom. The van der Waals surface area contributed by atoms with Gasteiger partial charge in [0.15, 0.2) is 5.96 Å². The quantitative estimate of drug-likeness (QED) is 0.365. The topological polar surface area (TPSA) is 65.0 Å². The number of hydrogen-bond acceptors (Lipinski definition) is 5. The van der Waals surface area contributed by atoms with Crippen LogP contribution in [0.2, 0.25) is 0 Å². The van der Waals surface area contributed by atoms with Crippen LogP contribution in [0.4, 0.5) is 5.82 Å². The number of halogens is 1. The first-order valence-corrected chi connectivity index (χ1v) is 10.0. The van der Waals surface area contributed by atoms with Crippen LogP contribution in [0.5, 0.6) is 0 Å². The molecule has 0 bridgehead atoms. The molecule has 0 radical (unpaired) electrons. The van der Waals surface area contributed by atoms with Crippen LogP contribution in [0.15, 0.2) is 29.4 Å². The first-order valence-electron chi connectivity index (χ1n) is 10.0. The van der Waals surface area contributed by atoms with E-state index in [0.717, 1.165) is 70.3 Å². The molecule has 0 amide bonds. The minimum absolute atomic E-state index is 0. The molecule has 0 spiro atoms. The van der Waals surface area contributed by atoms with Crippen LogP contribution in [-0.2, 0) is 4.74 Å². The lowest BCUT2D eigenvalue weighted by Gasteiger charge is -2.43. The predicted molar refractivity (Wildman–Crippen MR) is 126 cm³/mol. The molecule has 0 atom stereocenters. The second kappa shape index (κ2) is 11.2. The second-order valence-electron chi connectivity index (χ2n) is 7.75. The lowest BCUT2D eigenvalue weighted by molar-refractivity contribution is -0.00503. The SMILES string of the molecule is CN=C(NCC1(N(C)C)CCOCC1)NC1CCN(c2ccccn2)CC1.I. The molecule has 0 unspecified atom stereocenters. The van der Waals surface area contributed by atoms with Crippen LogP contribution in [0.1, 0.15) is 25.7 Å². The molecule has 158 valence electrons. The van der Waals surface area contributed by atoms with Crippen LogP contribution in [0.25, 0.3) is 0 Å². The van der Waals surface area contributed by atoms with Crippen molar-refractivity contribution in [3.8, 4) is 0 Å². The van der Waals surface area contributed by atoms with E-state index in [9.17, 15) is 0 Å². The number of ether oxygens (including phenoxy) is 1. The summed E-state index contributed by atoms with van der Waals surface area (Å²) in [4.78, 5) is 13.6. The Bertz CT molecular complexity index is 598. The molecular formula is C20H35IN6O. The van der Waals surface area contributed by atoms with E-state index >= 15 is 0 Å².